The number of imidazole rings is 2. The first-order chi connectivity index (χ1) is 27.7. The van der Waals surface area contributed by atoms with E-state index in [1.54, 1.807) is 28.0 Å². The van der Waals surface area contributed by atoms with Crippen LogP contribution in [0.15, 0.2) is 53.6 Å². The summed E-state index contributed by atoms with van der Waals surface area (Å²) in [4.78, 5) is 72.0. The number of methoxy groups -OCH3 is 1. The van der Waals surface area contributed by atoms with Crippen molar-refractivity contribution >= 4 is 35.3 Å². The second kappa shape index (κ2) is 17.0. The standard InChI is InChI=1S/C40H48N8O6/c1-24(2)34(42-23-54-53-6)38(49)48-20-8-10-33(48)37-43-29-18-15-27(21-30(29)44-37)12-11-26-13-16-28(17-14-26)31-22-41-36(45-31)32-9-7-19-47(32)39(50)35(25(3)4)46-40(51)52-5/h13-18,21-25,32-35H,7-10,19-20H2,1-6H3,(H,41,45)(H,43,44)(H,46,51)/t32-,33-,34-,35-/m0/s1/i13D,14D,16D,17D. The van der Waals surface area contributed by atoms with E-state index in [-0.39, 0.29) is 70.7 Å². The van der Waals surface area contributed by atoms with E-state index in [2.05, 4.69) is 42.0 Å². The van der Waals surface area contributed by atoms with Gasteiger partial charge in [-0.25, -0.2) is 19.8 Å². The quantitative estimate of drug-likeness (QED) is 0.0580. The molecule has 3 amide bonds. The Morgan fingerprint density at radius 2 is 1.63 bits per heavy atom. The normalized spacial score (nSPS) is 19.3. The lowest BCUT2D eigenvalue weighted by Gasteiger charge is -2.30. The van der Waals surface area contributed by atoms with Crippen LogP contribution in [0.3, 0.4) is 0 Å². The maximum atomic E-state index is 13.6. The van der Waals surface area contributed by atoms with Crippen LogP contribution in [-0.2, 0) is 24.1 Å². The van der Waals surface area contributed by atoms with E-state index in [9.17, 15) is 14.4 Å². The summed E-state index contributed by atoms with van der Waals surface area (Å²) in [6.45, 7) is 8.52. The fourth-order valence-electron chi connectivity index (χ4n) is 6.87. The molecular formula is C40H48N8O6. The summed E-state index contributed by atoms with van der Waals surface area (Å²) in [5.41, 5.74) is 2.18. The van der Waals surface area contributed by atoms with E-state index in [1.165, 1.54) is 20.4 Å². The number of nitrogens with zero attached hydrogens (tertiary/aromatic N) is 5. The number of ether oxygens (including phenoxy) is 1. The lowest BCUT2D eigenvalue weighted by atomic mass is 10.0. The summed E-state index contributed by atoms with van der Waals surface area (Å²) in [5, 5.41) is 2.62. The van der Waals surface area contributed by atoms with Gasteiger partial charge in [0.2, 0.25) is 18.2 Å². The van der Waals surface area contributed by atoms with Gasteiger partial charge in [0.05, 0.1) is 54.7 Å². The minimum absolute atomic E-state index is 0.0308. The molecule has 0 saturated carbocycles. The van der Waals surface area contributed by atoms with E-state index in [1.807, 2.05) is 27.7 Å². The highest BCUT2D eigenvalue weighted by Gasteiger charge is 2.38. The third-order valence-corrected chi connectivity index (χ3v) is 9.66. The number of alkyl carbamates (subject to hydrolysis) is 1. The zero-order valence-corrected chi connectivity index (χ0v) is 31.3. The van der Waals surface area contributed by atoms with Crippen LogP contribution in [0.5, 0.6) is 0 Å². The molecule has 0 radical (unpaired) electrons. The SMILES string of the molecule is [2H]c1c([2H])c(-c2cnc([C@@H]3CCCN3C(=O)[C@@H](NC(=O)OC)C(C)C)[nH]2)c([2H])c([2H])c1C#Cc1ccc2nc([C@@H]3CCCN3C(=O)[C@@H](N=COOC)C(C)C)[nH]c2c1. The zero-order valence-electron chi connectivity index (χ0n) is 35.3. The number of hydrogen-bond acceptors (Lipinski definition) is 9. The molecule has 2 aliphatic rings. The van der Waals surface area contributed by atoms with E-state index in [0.717, 1.165) is 19.2 Å². The van der Waals surface area contributed by atoms with Gasteiger partial charge in [-0.3, -0.25) is 9.59 Å². The first kappa shape index (κ1) is 32.9. The summed E-state index contributed by atoms with van der Waals surface area (Å²) >= 11 is 0. The number of carbonyl (C=O) groups excluding carboxylic acids is 3. The molecule has 2 aliphatic heterocycles. The maximum Gasteiger partial charge on any atom is 0.407 e. The Morgan fingerprint density at radius 1 is 0.944 bits per heavy atom. The Labute approximate surface area is 320 Å². The van der Waals surface area contributed by atoms with Gasteiger partial charge < -0.3 is 34.7 Å². The molecule has 2 saturated heterocycles. The first-order valence-electron chi connectivity index (χ1n) is 20.1. The summed E-state index contributed by atoms with van der Waals surface area (Å²) in [7, 11) is 2.60. The van der Waals surface area contributed by atoms with Gasteiger partial charge in [0, 0.05) is 24.2 Å². The number of carbonyl (C=O) groups is 3. The van der Waals surface area contributed by atoms with Gasteiger partial charge in [0.15, 0.2) is 0 Å². The third kappa shape index (κ3) is 8.42. The number of amides is 3. The van der Waals surface area contributed by atoms with Gasteiger partial charge in [-0.1, -0.05) is 51.6 Å². The van der Waals surface area contributed by atoms with Crippen molar-refractivity contribution in [3.05, 3.63) is 71.3 Å². The molecule has 0 aliphatic carbocycles. The maximum absolute atomic E-state index is 13.6. The van der Waals surface area contributed by atoms with Crippen molar-refractivity contribution < 1.29 is 34.4 Å². The highest BCUT2D eigenvalue weighted by atomic mass is 17.2. The molecule has 0 bridgehead atoms. The molecule has 14 nitrogen and oxygen atoms in total. The summed E-state index contributed by atoms with van der Waals surface area (Å²) in [6, 6.07) is 2.01. The van der Waals surface area contributed by atoms with Crippen LogP contribution < -0.4 is 5.32 Å². The molecule has 2 fully saturated rings. The molecule has 2 aromatic carbocycles. The van der Waals surface area contributed by atoms with Crippen molar-refractivity contribution in [2.45, 2.75) is 77.5 Å². The molecule has 2 aromatic heterocycles. The number of aliphatic imine (C=N–C) groups is 1. The highest BCUT2D eigenvalue weighted by Crippen LogP contribution is 2.34. The number of aromatic amines is 2. The van der Waals surface area contributed by atoms with Crippen molar-refractivity contribution in [2.24, 2.45) is 16.8 Å². The first-order valence-corrected chi connectivity index (χ1v) is 18.1. The fraction of sp³-hybridized carbons (Fsp3) is 0.450. The van der Waals surface area contributed by atoms with Crippen molar-refractivity contribution in [1.29, 1.82) is 0 Å². The molecular weight excluding hydrogens is 688 g/mol. The molecule has 4 atom stereocenters. The molecule has 4 aromatic rings. The molecule has 284 valence electrons. The summed E-state index contributed by atoms with van der Waals surface area (Å²) < 4.78 is 40.0. The Morgan fingerprint density at radius 3 is 2.30 bits per heavy atom. The molecule has 14 heteroatoms. The Bertz CT molecular complexity index is 2250. The average molecular weight is 741 g/mol. The second-order valence-electron chi connectivity index (χ2n) is 14.0. The van der Waals surface area contributed by atoms with E-state index >= 15 is 0 Å². The Kier molecular flexibility index (Phi) is 10.4. The van der Waals surface area contributed by atoms with Gasteiger partial charge in [-0.15, -0.1) is 0 Å². The van der Waals surface area contributed by atoms with Crippen LogP contribution in [0.1, 0.15) is 93.7 Å². The van der Waals surface area contributed by atoms with Crippen LogP contribution >= 0.6 is 0 Å². The number of nitrogens with one attached hydrogen (secondary N) is 3. The van der Waals surface area contributed by atoms with Gasteiger partial charge >= 0.3 is 6.09 Å². The van der Waals surface area contributed by atoms with Crippen molar-refractivity contribution in [2.75, 3.05) is 27.3 Å². The van der Waals surface area contributed by atoms with Crippen LogP contribution in [0.25, 0.3) is 22.3 Å². The smallest absolute Gasteiger partial charge is 0.407 e. The van der Waals surface area contributed by atoms with Crippen molar-refractivity contribution in [3.63, 3.8) is 0 Å². The minimum Gasteiger partial charge on any atom is -0.453 e. The number of likely N-dealkylation sites (tertiary alicyclic amines) is 2. The number of hydrogen-bond donors (Lipinski definition) is 3. The Balaban J connectivity index is 1.22. The lowest BCUT2D eigenvalue weighted by molar-refractivity contribution is -0.188. The predicted molar refractivity (Wildman–Crippen MR) is 203 cm³/mol. The molecule has 0 unspecified atom stereocenters. The van der Waals surface area contributed by atoms with E-state index in [0.29, 0.717) is 54.2 Å². The van der Waals surface area contributed by atoms with Gasteiger partial charge in [-0.2, -0.15) is 4.89 Å². The lowest BCUT2D eigenvalue weighted by Crippen LogP contribution is -2.51. The number of H-pyrrole nitrogens is 2. The van der Waals surface area contributed by atoms with Crippen LogP contribution in [-0.4, -0.2) is 93.4 Å². The minimum atomic E-state index is -0.807. The third-order valence-electron chi connectivity index (χ3n) is 9.66. The summed E-state index contributed by atoms with van der Waals surface area (Å²) in [6.07, 6.45) is 4.74. The number of benzene rings is 2. The molecule has 3 N–H and O–H groups in total. The largest absolute Gasteiger partial charge is 0.453 e. The van der Waals surface area contributed by atoms with Crippen LogP contribution in [0, 0.1) is 23.7 Å². The van der Waals surface area contributed by atoms with Crippen LogP contribution in [0.2, 0.25) is 0 Å². The fourth-order valence-corrected chi connectivity index (χ4v) is 6.87. The zero-order chi connectivity index (χ0) is 41.8. The summed E-state index contributed by atoms with van der Waals surface area (Å²) in [5.74, 6) is 6.26. The predicted octanol–water partition coefficient (Wildman–Crippen LogP) is 5.69. The van der Waals surface area contributed by atoms with Crippen molar-refractivity contribution in [1.82, 2.24) is 35.1 Å². The average Bonchev–Trinajstić information content (AvgIpc) is 4.03. The number of rotatable bonds is 11. The number of fused-ring (bicyclic) bond motifs is 1. The molecule has 4 heterocycles. The van der Waals surface area contributed by atoms with Crippen molar-refractivity contribution in [3.8, 4) is 23.1 Å². The van der Waals surface area contributed by atoms with Crippen LogP contribution in [0.4, 0.5) is 4.79 Å². The van der Waals surface area contributed by atoms with E-state index < -0.39 is 24.2 Å². The highest BCUT2D eigenvalue weighted by molar-refractivity contribution is 5.86. The Hall–Kier alpha value is -5.68. The molecule has 54 heavy (non-hydrogen) atoms. The van der Waals surface area contributed by atoms with Gasteiger partial charge in [0.1, 0.15) is 23.7 Å². The monoisotopic (exact) mass is 740 g/mol. The topological polar surface area (TPSA) is 167 Å². The van der Waals surface area contributed by atoms with Gasteiger partial charge in [0.25, 0.3) is 0 Å². The molecule has 6 rings (SSSR count). The van der Waals surface area contributed by atoms with Gasteiger partial charge in [-0.05, 0) is 73.4 Å². The van der Waals surface area contributed by atoms with E-state index in [4.69, 9.17) is 20.1 Å². The second-order valence-corrected chi connectivity index (χ2v) is 14.0. The number of aromatic nitrogens is 4. The molecule has 0 spiro atoms.